The summed E-state index contributed by atoms with van der Waals surface area (Å²) in [6.45, 7) is 2.60. The topological polar surface area (TPSA) is 58.7 Å². The van der Waals surface area contributed by atoms with Crippen molar-refractivity contribution in [2.45, 2.75) is 6.92 Å². The fourth-order valence-corrected chi connectivity index (χ4v) is 2.94. The molecule has 0 amide bonds. The Balaban J connectivity index is 1.63. The molecule has 142 valence electrons. The van der Waals surface area contributed by atoms with E-state index >= 15 is 0 Å². The van der Waals surface area contributed by atoms with Crippen LogP contribution in [0.1, 0.15) is 6.92 Å². The van der Waals surface area contributed by atoms with Crippen molar-refractivity contribution >= 4 is 33.5 Å². The molecule has 0 radical (unpaired) electrons. The van der Waals surface area contributed by atoms with Crippen molar-refractivity contribution < 1.29 is 4.74 Å². The highest BCUT2D eigenvalue weighted by Crippen LogP contribution is 2.35. The van der Waals surface area contributed by atoms with E-state index in [4.69, 9.17) is 4.74 Å². The average molecular weight is 380 g/mol. The van der Waals surface area contributed by atoms with Crippen LogP contribution in [-0.4, -0.2) is 6.61 Å². The molecule has 0 fully saturated rings. The van der Waals surface area contributed by atoms with E-state index in [0.29, 0.717) is 6.61 Å². The monoisotopic (exact) mass is 380 g/mol. The third-order valence-corrected chi connectivity index (χ3v) is 4.33. The Morgan fingerprint density at radius 2 is 1.07 bits per heavy atom. The minimum atomic E-state index is 0.640. The largest absolute Gasteiger partial charge is 0.494 e. The Labute approximate surface area is 169 Å². The van der Waals surface area contributed by atoms with Crippen molar-refractivity contribution in [1.29, 1.82) is 0 Å². The highest BCUT2D eigenvalue weighted by molar-refractivity contribution is 5.99. The minimum absolute atomic E-state index is 0.640. The molecule has 0 saturated heterocycles. The normalized spacial score (nSPS) is 11.5. The standard InChI is InChI=1S/C24H20N4O/c1-2-29-20-14-12-19(13-15-20)26-28-24-17-16-23(21-10-6-7-11-22(21)24)27-25-18-8-4-3-5-9-18/h3-17H,2H2,1H3. The number of hydrogen-bond acceptors (Lipinski definition) is 5. The summed E-state index contributed by atoms with van der Waals surface area (Å²) >= 11 is 0. The van der Waals surface area contributed by atoms with Crippen LogP contribution in [0.4, 0.5) is 22.7 Å². The lowest BCUT2D eigenvalue weighted by molar-refractivity contribution is 0.340. The molecule has 0 atom stereocenters. The van der Waals surface area contributed by atoms with Gasteiger partial charge in [-0.2, -0.15) is 10.2 Å². The van der Waals surface area contributed by atoms with Crippen molar-refractivity contribution in [3.63, 3.8) is 0 Å². The average Bonchev–Trinajstić information content (AvgIpc) is 2.78. The van der Waals surface area contributed by atoms with Gasteiger partial charge in [0.2, 0.25) is 0 Å². The van der Waals surface area contributed by atoms with Gasteiger partial charge in [0.05, 0.1) is 29.4 Å². The summed E-state index contributed by atoms with van der Waals surface area (Å²) in [7, 11) is 0. The second-order valence-corrected chi connectivity index (χ2v) is 6.31. The highest BCUT2D eigenvalue weighted by atomic mass is 16.5. The van der Waals surface area contributed by atoms with Gasteiger partial charge in [0.1, 0.15) is 5.75 Å². The van der Waals surface area contributed by atoms with E-state index in [0.717, 1.165) is 39.3 Å². The maximum absolute atomic E-state index is 5.46. The molecule has 0 aliphatic carbocycles. The molecule has 0 bridgehead atoms. The van der Waals surface area contributed by atoms with Crippen LogP contribution in [0.5, 0.6) is 5.75 Å². The maximum atomic E-state index is 5.46. The van der Waals surface area contributed by atoms with Crippen molar-refractivity contribution in [1.82, 2.24) is 0 Å². The van der Waals surface area contributed by atoms with Crippen LogP contribution in [0.3, 0.4) is 0 Å². The highest BCUT2D eigenvalue weighted by Gasteiger charge is 2.05. The molecular formula is C24H20N4O. The summed E-state index contributed by atoms with van der Waals surface area (Å²) in [5, 5.41) is 19.5. The van der Waals surface area contributed by atoms with Crippen LogP contribution in [0.15, 0.2) is 111 Å². The van der Waals surface area contributed by atoms with Crippen LogP contribution in [0.25, 0.3) is 10.8 Å². The molecule has 4 rings (SSSR count). The number of hydrogen-bond donors (Lipinski definition) is 0. The third kappa shape index (κ3) is 4.52. The van der Waals surface area contributed by atoms with Gasteiger partial charge in [0.15, 0.2) is 0 Å². The second kappa shape index (κ2) is 8.89. The zero-order valence-electron chi connectivity index (χ0n) is 16.1. The lowest BCUT2D eigenvalue weighted by Gasteiger charge is -2.04. The van der Waals surface area contributed by atoms with Gasteiger partial charge in [0.25, 0.3) is 0 Å². The smallest absolute Gasteiger partial charge is 0.119 e. The first kappa shape index (κ1) is 18.5. The molecule has 5 heteroatoms. The van der Waals surface area contributed by atoms with Gasteiger partial charge in [-0.3, -0.25) is 0 Å². The van der Waals surface area contributed by atoms with E-state index < -0.39 is 0 Å². The number of fused-ring (bicyclic) bond motifs is 1. The number of benzene rings is 4. The van der Waals surface area contributed by atoms with Gasteiger partial charge >= 0.3 is 0 Å². The number of nitrogens with zero attached hydrogens (tertiary/aromatic N) is 4. The first-order valence-electron chi connectivity index (χ1n) is 9.46. The number of azo groups is 2. The second-order valence-electron chi connectivity index (χ2n) is 6.31. The fourth-order valence-electron chi connectivity index (χ4n) is 2.94. The Morgan fingerprint density at radius 1 is 0.552 bits per heavy atom. The molecule has 0 aromatic heterocycles. The van der Waals surface area contributed by atoms with E-state index in [-0.39, 0.29) is 0 Å². The van der Waals surface area contributed by atoms with Crippen LogP contribution in [0.2, 0.25) is 0 Å². The predicted octanol–water partition coefficient (Wildman–Crippen LogP) is 8.07. The lowest BCUT2D eigenvalue weighted by Crippen LogP contribution is -1.89. The quantitative estimate of drug-likeness (QED) is 0.312. The van der Waals surface area contributed by atoms with Crippen molar-refractivity contribution in [3.05, 3.63) is 91.0 Å². The summed E-state index contributed by atoms with van der Waals surface area (Å²) in [4.78, 5) is 0. The predicted molar refractivity (Wildman–Crippen MR) is 116 cm³/mol. The first-order chi connectivity index (χ1) is 14.3. The maximum Gasteiger partial charge on any atom is 0.119 e. The zero-order valence-corrected chi connectivity index (χ0v) is 16.1. The van der Waals surface area contributed by atoms with E-state index in [1.54, 1.807) is 0 Å². The summed E-state index contributed by atoms with van der Waals surface area (Å²) in [6, 6.07) is 29.1. The van der Waals surface area contributed by atoms with Crippen molar-refractivity contribution in [2.75, 3.05) is 6.61 Å². The van der Waals surface area contributed by atoms with E-state index in [1.807, 2.05) is 97.9 Å². The van der Waals surface area contributed by atoms with E-state index in [2.05, 4.69) is 20.5 Å². The van der Waals surface area contributed by atoms with Gasteiger partial charge in [-0.1, -0.05) is 42.5 Å². The summed E-state index contributed by atoms with van der Waals surface area (Å²) < 4.78 is 5.46. The van der Waals surface area contributed by atoms with Gasteiger partial charge in [-0.15, -0.1) is 10.2 Å². The number of rotatable bonds is 6. The molecule has 4 aromatic rings. The molecule has 0 aliphatic heterocycles. The minimum Gasteiger partial charge on any atom is -0.494 e. The van der Waals surface area contributed by atoms with Crippen molar-refractivity contribution in [2.24, 2.45) is 20.5 Å². The molecule has 0 aliphatic rings. The van der Waals surface area contributed by atoms with Crippen LogP contribution >= 0.6 is 0 Å². The summed E-state index contributed by atoms with van der Waals surface area (Å²) in [5.74, 6) is 0.824. The van der Waals surface area contributed by atoms with Crippen LogP contribution in [0, 0.1) is 0 Å². The SMILES string of the molecule is CCOc1ccc(N=Nc2ccc(N=Nc3ccccc3)c3ccccc23)cc1. The lowest BCUT2D eigenvalue weighted by atomic mass is 10.1. The molecule has 0 unspecified atom stereocenters. The Bertz CT molecular complexity index is 1150. The Kier molecular flexibility index (Phi) is 5.67. The molecule has 0 saturated carbocycles. The molecule has 29 heavy (non-hydrogen) atoms. The van der Waals surface area contributed by atoms with E-state index in [9.17, 15) is 0 Å². The van der Waals surface area contributed by atoms with Gasteiger partial charge < -0.3 is 4.74 Å². The summed E-state index contributed by atoms with van der Waals surface area (Å²) in [6.07, 6.45) is 0. The van der Waals surface area contributed by atoms with Gasteiger partial charge in [-0.05, 0) is 55.5 Å². The molecule has 0 heterocycles. The van der Waals surface area contributed by atoms with Crippen molar-refractivity contribution in [3.8, 4) is 5.75 Å². The molecule has 4 aromatic carbocycles. The van der Waals surface area contributed by atoms with Gasteiger partial charge in [0, 0.05) is 10.8 Å². The number of ether oxygens (including phenoxy) is 1. The van der Waals surface area contributed by atoms with Gasteiger partial charge in [-0.25, -0.2) is 0 Å². The fraction of sp³-hybridized carbons (Fsp3) is 0.0833. The van der Waals surface area contributed by atoms with Crippen LogP contribution < -0.4 is 4.74 Å². The molecule has 0 spiro atoms. The van der Waals surface area contributed by atoms with E-state index in [1.165, 1.54) is 0 Å². The molecule has 0 N–H and O–H groups in total. The zero-order chi connectivity index (χ0) is 19.9. The van der Waals surface area contributed by atoms with Crippen LogP contribution in [-0.2, 0) is 0 Å². The Hall–Kier alpha value is -3.86. The Morgan fingerprint density at radius 3 is 1.62 bits per heavy atom. The first-order valence-corrected chi connectivity index (χ1v) is 9.46. The molecule has 5 nitrogen and oxygen atoms in total. The summed E-state index contributed by atoms with van der Waals surface area (Å²) in [5.41, 5.74) is 3.17. The third-order valence-electron chi connectivity index (χ3n) is 4.33. The molecular weight excluding hydrogens is 360 g/mol.